The SMILES string of the molecule is CCCCCCCCCCCCCCCCN(C)C(=O)/C=C/c1ccc(-c2[nH]c(-c3ccc(C4=NOC(C(=O)OC(C)(C)C)C4)cc3)nc2-c2ccc(OCC(=O)OC(C)(C)C)cc2)cc1. The third-order valence-corrected chi connectivity index (χ3v) is 11.3. The van der Waals surface area contributed by atoms with E-state index in [2.05, 4.69) is 17.1 Å². The maximum absolute atomic E-state index is 13.0. The van der Waals surface area contributed by atoms with Crippen molar-refractivity contribution >= 4 is 29.6 Å². The summed E-state index contributed by atoms with van der Waals surface area (Å²) in [6, 6.07) is 23.3. The Morgan fingerprint density at radius 3 is 1.80 bits per heavy atom. The van der Waals surface area contributed by atoms with E-state index >= 15 is 0 Å². The molecule has 66 heavy (non-hydrogen) atoms. The average molecular weight is 903 g/mol. The van der Waals surface area contributed by atoms with E-state index in [1.54, 1.807) is 11.0 Å². The molecule has 0 spiro atoms. The number of hydrogen-bond acceptors (Lipinski definition) is 9. The number of benzene rings is 3. The van der Waals surface area contributed by atoms with Crippen molar-refractivity contribution in [3.05, 3.63) is 90.0 Å². The van der Waals surface area contributed by atoms with Crippen LogP contribution in [0.25, 0.3) is 40.0 Å². The summed E-state index contributed by atoms with van der Waals surface area (Å²) in [5, 5.41) is 4.19. The molecule has 1 aliphatic rings. The van der Waals surface area contributed by atoms with Crippen LogP contribution in [0.15, 0.2) is 84.0 Å². The first-order chi connectivity index (χ1) is 31.6. The van der Waals surface area contributed by atoms with Crippen molar-refractivity contribution in [2.75, 3.05) is 20.2 Å². The molecule has 11 heteroatoms. The van der Waals surface area contributed by atoms with Crippen LogP contribution in [-0.4, -0.2) is 75.9 Å². The van der Waals surface area contributed by atoms with Crippen molar-refractivity contribution in [1.82, 2.24) is 14.9 Å². The number of rotatable bonds is 25. The number of imidazole rings is 1. The van der Waals surface area contributed by atoms with Crippen LogP contribution < -0.4 is 4.74 Å². The quantitative estimate of drug-likeness (QED) is 0.0395. The summed E-state index contributed by atoms with van der Waals surface area (Å²) < 4.78 is 16.6. The Morgan fingerprint density at radius 2 is 1.23 bits per heavy atom. The van der Waals surface area contributed by atoms with E-state index in [4.69, 9.17) is 24.0 Å². The van der Waals surface area contributed by atoms with Gasteiger partial charge in [-0.25, -0.2) is 14.6 Å². The summed E-state index contributed by atoms with van der Waals surface area (Å²) >= 11 is 0. The van der Waals surface area contributed by atoms with Crippen LogP contribution in [0.1, 0.15) is 156 Å². The zero-order valence-corrected chi connectivity index (χ0v) is 40.9. The van der Waals surface area contributed by atoms with Gasteiger partial charge >= 0.3 is 11.9 Å². The number of hydrogen-bond donors (Lipinski definition) is 1. The molecule has 1 amide bonds. The van der Waals surface area contributed by atoms with Gasteiger partial charge in [-0.2, -0.15) is 0 Å². The molecule has 3 aromatic carbocycles. The third kappa shape index (κ3) is 17.3. The second-order valence-electron chi connectivity index (χ2n) is 19.5. The minimum atomic E-state index is -0.782. The lowest BCUT2D eigenvalue weighted by Crippen LogP contribution is -2.32. The third-order valence-electron chi connectivity index (χ3n) is 11.3. The van der Waals surface area contributed by atoms with Gasteiger partial charge in [0.05, 0.1) is 17.1 Å². The van der Waals surface area contributed by atoms with E-state index in [0.29, 0.717) is 23.7 Å². The van der Waals surface area contributed by atoms with Crippen molar-refractivity contribution < 1.29 is 33.4 Å². The number of nitrogens with zero attached hydrogens (tertiary/aromatic N) is 3. The average Bonchev–Trinajstić information content (AvgIpc) is 3.96. The number of aromatic nitrogens is 2. The highest BCUT2D eigenvalue weighted by Gasteiger charge is 2.33. The first kappa shape index (κ1) is 51.3. The molecule has 0 radical (unpaired) electrons. The highest BCUT2D eigenvalue weighted by atomic mass is 16.7. The summed E-state index contributed by atoms with van der Waals surface area (Å²) in [6.07, 6.45) is 21.4. The van der Waals surface area contributed by atoms with Crippen molar-refractivity contribution in [1.29, 1.82) is 0 Å². The Hall–Kier alpha value is -5.71. The summed E-state index contributed by atoms with van der Waals surface area (Å²) in [7, 11) is 1.88. The number of nitrogens with one attached hydrogen (secondary N) is 1. The molecule has 5 rings (SSSR count). The lowest BCUT2D eigenvalue weighted by atomic mass is 10.0. The smallest absolute Gasteiger partial charge is 0.351 e. The molecule has 1 atom stereocenters. The van der Waals surface area contributed by atoms with Crippen LogP contribution in [0.5, 0.6) is 5.75 Å². The van der Waals surface area contributed by atoms with Gasteiger partial charge in [-0.05, 0) is 89.4 Å². The first-order valence-electron chi connectivity index (χ1n) is 24.2. The molecule has 1 aromatic heterocycles. The molecule has 4 aromatic rings. The topological polar surface area (TPSA) is 132 Å². The fraction of sp³-hybridized carbons (Fsp3) is 0.509. The maximum Gasteiger partial charge on any atom is 0.351 e. The van der Waals surface area contributed by atoms with Gasteiger partial charge in [0.15, 0.2) is 6.61 Å². The molecule has 0 saturated heterocycles. The van der Waals surface area contributed by atoms with Gasteiger partial charge in [-0.1, -0.05) is 144 Å². The molecule has 2 heterocycles. The van der Waals surface area contributed by atoms with E-state index in [-0.39, 0.29) is 12.5 Å². The van der Waals surface area contributed by atoms with E-state index in [0.717, 1.165) is 58.6 Å². The predicted molar refractivity (Wildman–Crippen MR) is 265 cm³/mol. The molecule has 1 unspecified atom stereocenters. The Kier molecular flexibility index (Phi) is 19.6. The molecule has 0 saturated carbocycles. The van der Waals surface area contributed by atoms with Gasteiger partial charge in [0.1, 0.15) is 22.8 Å². The van der Waals surface area contributed by atoms with Gasteiger partial charge in [0.2, 0.25) is 12.0 Å². The Balaban J connectivity index is 1.20. The van der Waals surface area contributed by atoms with Crippen LogP contribution >= 0.6 is 0 Å². The maximum atomic E-state index is 13.0. The zero-order valence-electron chi connectivity index (χ0n) is 40.9. The minimum absolute atomic E-state index is 0.00538. The number of carbonyl (C=O) groups excluding carboxylic acids is 3. The number of ether oxygens (including phenoxy) is 3. The van der Waals surface area contributed by atoms with Crippen LogP contribution in [0.2, 0.25) is 0 Å². The lowest BCUT2D eigenvalue weighted by molar-refractivity contribution is -0.167. The van der Waals surface area contributed by atoms with E-state index in [1.807, 2.05) is 127 Å². The molecule has 11 nitrogen and oxygen atoms in total. The fourth-order valence-corrected chi connectivity index (χ4v) is 7.72. The second-order valence-corrected chi connectivity index (χ2v) is 19.5. The Bertz CT molecular complexity index is 2190. The summed E-state index contributed by atoms with van der Waals surface area (Å²) in [5.41, 5.74) is 5.33. The molecule has 1 N–H and O–H groups in total. The standard InChI is InChI=1S/C55H74N4O7/c1-9-10-11-12-13-14-15-16-17-18-19-20-21-22-37-59(8)48(60)36-25-40-23-26-42(27-24-40)50-51(43-32-34-45(35-33-43)63-39-49(61)64-54(2,3)4)57-52(56-50)44-30-28-41(29-31-44)46-38-47(66-58-46)53(62)65-55(5,6)7/h23-36,47H,9-22,37-39H2,1-8H3,(H,56,57)/b36-25+. The number of unbranched alkanes of at least 4 members (excludes halogenated alkanes) is 13. The van der Waals surface area contributed by atoms with Crippen LogP contribution in [0, 0.1) is 0 Å². The minimum Gasteiger partial charge on any atom is -0.482 e. The molecular weight excluding hydrogens is 829 g/mol. The van der Waals surface area contributed by atoms with Gasteiger partial charge in [-0.15, -0.1) is 0 Å². The number of likely N-dealkylation sites (N-methyl/N-ethyl adjacent to an activating group) is 1. The van der Waals surface area contributed by atoms with Crippen LogP contribution in [0.3, 0.4) is 0 Å². The predicted octanol–water partition coefficient (Wildman–Crippen LogP) is 12.9. The number of esters is 2. The summed E-state index contributed by atoms with van der Waals surface area (Å²) in [5.74, 6) is 0.300. The first-order valence-corrected chi connectivity index (χ1v) is 24.2. The normalized spacial score (nSPS) is 13.9. The van der Waals surface area contributed by atoms with E-state index < -0.39 is 29.2 Å². The number of amides is 1. The van der Waals surface area contributed by atoms with Crippen LogP contribution in [-0.2, 0) is 28.7 Å². The molecule has 0 fully saturated rings. The molecule has 0 bridgehead atoms. The lowest BCUT2D eigenvalue weighted by Gasteiger charge is -2.20. The van der Waals surface area contributed by atoms with Crippen molar-refractivity contribution in [3.63, 3.8) is 0 Å². The van der Waals surface area contributed by atoms with Crippen molar-refractivity contribution in [2.45, 2.75) is 162 Å². The zero-order chi connectivity index (χ0) is 47.5. The molecule has 356 valence electrons. The fourth-order valence-electron chi connectivity index (χ4n) is 7.72. The number of aromatic amines is 1. The number of oxime groups is 1. The molecular formula is C55H74N4O7. The highest BCUT2D eigenvalue weighted by molar-refractivity contribution is 6.03. The molecule has 0 aliphatic carbocycles. The highest BCUT2D eigenvalue weighted by Crippen LogP contribution is 2.35. The van der Waals surface area contributed by atoms with E-state index in [1.165, 1.54) is 77.0 Å². The summed E-state index contributed by atoms with van der Waals surface area (Å²) in [4.78, 5) is 53.8. The van der Waals surface area contributed by atoms with Gasteiger partial charge in [-0.3, -0.25) is 4.79 Å². The van der Waals surface area contributed by atoms with Gasteiger partial charge in [0.25, 0.3) is 0 Å². The summed E-state index contributed by atoms with van der Waals surface area (Å²) in [6.45, 7) is 13.7. The number of H-pyrrole nitrogens is 1. The largest absolute Gasteiger partial charge is 0.482 e. The van der Waals surface area contributed by atoms with E-state index in [9.17, 15) is 14.4 Å². The Labute approximate surface area is 393 Å². The monoisotopic (exact) mass is 903 g/mol. The van der Waals surface area contributed by atoms with Gasteiger partial charge in [0, 0.05) is 42.8 Å². The van der Waals surface area contributed by atoms with Crippen LogP contribution in [0.4, 0.5) is 0 Å². The van der Waals surface area contributed by atoms with Crippen molar-refractivity contribution in [3.8, 4) is 39.7 Å². The molecule has 1 aliphatic heterocycles. The second kappa shape index (κ2) is 25.3. The Morgan fingerprint density at radius 1 is 0.697 bits per heavy atom. The van der Waals surface area contributed by atoms with Gasteiger partial charge < -0.3 is 28.9 Å². The van der Waals surface area contributed by atoms with Crippen molar-refractivity contribution in [2.24, 2.45) is 5.16 Å². The number of carbonyl (C=O) groups is 3.